The van der Waals surface area contributed by atoms with E-state index in [0.717, 1.165) is 10.6 Å². The molecule has 0 spiro atoms. The molecule has 1 aliphatic rings. The maximum absolute atomic E-state index is 12.2. The Morgan fingerprint density at radius 3 is 2.77 bits per heavy atom. The van der Waals surface area contributed by atoms with Gasteiger partial charge in [0.05, 0.1) is 16.9 Å². The number of carbonyl (C=O) groups is 3. The van der Waals surface area contributed by atoms with Crippen molar-refractivity contribution >= 4 is 35.2 Å². The summed E-state index contributed by atoms with van der Waals surface area (Å²) in [5.41, 5.74) is 0.758. The average molecular weight is 322 g/mol. The summed E-state index contributed by atoms with van der Waals surface area (Å²) in [5.74, 6) is -2.02. The Hall–Kier alpha value is -2.02. The maximum Gasteiger partial charge on any atom is 0.308 e. The van der Waals surface area contributed by atoms with Crippen molar-refractivity contribution in [1.29, 1.82) is 0 Å². The highest BCUT2D eigenvalue weighted by Gasteiger charge is 2.30. The van der Waals surface area contributed by atoms with Gasteiger partial charge in [-0.1, -0.05) is 19.1 Å². The second-order valence-corrected chi connectivity index (χ2v) is 6.55. The molecule has 0 bridgehead atoms. The number of aliphatic carboxylic acids is 1. The average Bonchev–Trinajstić information content (AvgIpc) is 2.47. The molecule has 0 saturated heterocycles. The number of carboxylic acids is 1. The number of anilines is 1. The van der Waals surface area contributed by atoms with Gasteiger partial charge in [-0.05, 0) is 12.1 Å². The van der Waals surface area contributed by atoms with Gasteiger partial charge in [0.1, 0.15) is 0 Å². The van der Waals surface area contributed by atoms with Crippen LogP contribution in [0, 0.1) is 5.92 Å². The minimum absolute atomic E-state index is 0.0493. The van der Waals surface area contributed by atoms with Gasteiger partial charge >= 0.3 is 5.97 Å². The number of rotatable bonds is 5. The summed E-state index contributed by atoms with van der Waals surface area (Å²) in [6.07, 6.45) is 0.0493. The Morgan fingerprint density at radius 2 is 2.09 bits per heavy atom. The first-order valence-electron chi connectivity index (χ1n) is 6.91. The Kier molecular flexibility index (Phi) is 5.07. The molecule has 2 rings (SSSR count). The number of hydrogen-bond donors (Lipinski definition) is 2. The van der Waals surface area contributed by atoms with Crippen LogP contribution in [0.15, 0.2) is 29.2 Å². The zero-order valence-electron chi connectivity index (χ0n) is 12.4. The van der Waals surface area contributed by atoms with Crippen LogP contribution < -0.4 is 5.32 Å². The molecular weight excluding hydrogens is 304 g/mol. The molecule has 118 valence electrons. The zero-order valence-corrected chi connectivity index (χ0v) is 13.2. The third-order valence-corrected chi connectivity index (χ3v) is 4.74. The molecule has 1 aromatic carbocycles. The molecule has 7 heteroatoms. The Labute approximate surface area is 132 Å². The Morgan fingerprint density at radius 1 is 1.41 bits per heavy atom. The topological polar surface area (TPSA) is 86.7 Å². The molecule has 1 aromatic rings. The molecule has 0 radical (unpaired) electrons. The van der Waals surface area contributed by atoms with E-state index in [-0.39, 0.29) is 24.8 Å². The first-order valence-corrected chi connectivity index (χ1v) is 7.79. The number of thioether (sulfide) groups is 1. The molecule has 22 heavy (non-hydrogen) atoms. The molecule has 1 aliphatic heterocycles. The summed E-state index contributed by atoms with van der Waals surface area (Å²) in [5, 5.41) is 11.2. The molecule has 0 unspecified atom stereocenters. The van der Waals surface area contributed by atoms with Crippen molar-refractivity contribution in [1.82, 2.24) is 4.90 Å². The predicted molar refractivity (Wildman–Crippen MR) is 83.8 cm³/mol. The Bertz CT molecular complexity index is 605. The SMILES string of the molecule is C[C@@H](CN(C)C(=O)C[C@@H]1Sc2ccccc2NC1=O)C(=O)O. The fourth-order valence-electron chi connectivity index (χ4n) is 2.13. The van der Waals surface area contributed by atoms with Crippen LogP contribution in [0.4, 0.5) is 5.69 Å². The summed E-state index contributed by atoms with van der Waals surface area (Å²) >= 11 is 1.36. The third kappa shape index (κ3) is 3.79. The van der Waals surface area contributed by atoms with Gasteiger partial charge in [-0.15, -0.1) is 11.8 Å². The third-order valence-electron chi connectivity index (χ3n) is 3.46. The van der Waals surface area contributed by atoms with Gasteiger partial charge in [-0.3, -0.25) is 14.4 Å². The smallest absolute Gasteiger partial charge is 0.308 e. The summed E-state index contributed by atoms with van der Waals surface area (Å²) in [6.45, 7) is 1.67. The fourth-order valence-corrected chi connectivity index (χ4v) is 3.23. The van der Waals surface area contributed by atoms with Gasteiger partial charge in [-0.25, -0.2) is 0 Å². The van der Waals surface area contributed by atoms with Crippen molar-refractivity contribution in [3.8, 4) is 0 Å². The van der Waals surface area contributed by atoms with E-state index in [2.05, 4.69) is 5.32 Å². The van der Waals surface area contributed by atoms with E-state index in [0.29, 0.717) is 0 Å². The molecule has 0 aliphatic carbocycles. The molecule has 2 atom stereocenters. The lowest BCUT2D eigenvalue weighted by atomic mass is 10.1. The summed E-state index contributed by atoms with van der Waals surface area (Å²) in [6, 6.07) is 7.43. The number of carbonyl (C=O) groups excluding carboxylic acids is 2. The largest absolute Gasteiger partial charge is 0.481 e. The molecule has 0 saturated carbocycles. The highest BCUT2D eigenvalue weighted by Crippen LogP contribution is 2.36. The number of amides is 2. The zero-order chi connectivity index (χ0) is 16.3. The van der Waals surface area contributed by atoms with Crippen LogP contribution in [0.3, 0.4) is 0 Å². The van der Waals surface area contributed by atoms with Gasteiger partial charge in [0.15, 0.2) is 0 Å². The molecule has 0 fully saturated rings. The Balaban J connectivity index is 1.97. The lowest BCUT2D eigenvalue weighted by molar-refractivity contribution is -0.142. The number of para-hydroxylation sites is 1. The highest BCUT2D eigenvalue weighted by molar-refractivity contribution is 8.01. The standard InChI is InChI=1S/C15H18N2O4S/c1-9(15(20)21)8-17(2)13(18)7-12-14(19)16-10-5-3-4-6-11(10)22-12/h3-6,9,12H,7-8H2,1-2H3,(H,16,19)(H,20,21)/t9-,12-/m0/s1. The van der Waals surface area contributed by atoms with Crippen LogP contribution >= 0.6 is 11.8 Å². The minimum Gasteiger partial charge on any atom is -0.481 e. The minimum atomic E-state index is -0.946. The van der Waals surface area contributed by atoms with Crippen LogP contribution in [0.25, 0.3) is 0 Å². The first kappa shape index (κ1) is 16.4. The number of benzene rings is 1. The summed E-state index contributed by atoms with van der Waals surface area (Å²) in [7, 11) is 1.56. The van der Waals surface area contributed by atoms with E-state index in [4.69, 9.17) is 5.11 Å². The van der Waals surface area contributed by atoms with Crippen LogP contribution in [0.2, 0.25) is 0 Å². The van der Waals surface area contributed by atoms with Crippen LogP contribution in [-0.4, -0.2) is 46.6 Å². The second kappa shape index (κ2) is 6.83. The number of carboxylic acid groups (broad SMARTS) is 1. The van der Waals surface area contributed by atoms with E-state index in [1.165, 1.54) is 16.7 Å². The van der Waals surface area contributed by atoms with Gasteiger partial charge in [0.25, 0.3) is 0 Å². The second-order valence-electron chi connectivity index (χ2n) is 5.31. The highest BCUT2D eigenvalue weighted by atomic mass is 32.2. The normalized spacial score (nSPS) is 18.1. The molecule has 2 amide bonds. The number of hydrogen-bond acceptors (Lipinski definition) is 4. The number of nitrogens with zero attached hydrogens (tertiary/aromatic N) is 1. The van der Waals surface area contributed by atoms with Gasteiger partial charge in [0, 0.05) is 24.9 Å². The van der Waals surface area contributed by atoms with Crippen LogP contribution in [-0.2, 0) is 14.4 Å². The fraction of sp³-hybridized carbons (Fsp3) is 0.400. The van der Waals surface area contributed by atoms with Gasteiger partial charge in [-0.2, -0.15) is 0 Å². The van der Waals surface area contributed by atoms with Crippen molar-refractivity contribution in [3.05, 3.63) is 24.3 Å². The van der Waals surface area contributed by atoms with E-state index >= 15 is 0 Å². The predicted octanol–water partition coefficient (Wildman–Crippen LogP) is 1.67. The van der Waals surface area contributed by atoms with E-state index < -0.39 is 17.1 Å². The number of nitrogens with one attached hydrogen (secondary N) is 1. The lowest BCUT2D eigenvalue weighted by Gasteiger charge is -2.26. The van der Waals surface area contributed by atoms with E-state index in [1.54, 1.807) is 14.0 Å². The van der Waals surface area contributed by atoms with E-state index in [1.807, 2.05) is 24.3 Å². The van der Waals surface area contributed by atoms with Crippen LogP contribution in [0.5, 0.6) is 0 Å². The molecule has 1 heterocycles. The van der Waals surface area contributed by atoms with Gasteiger partial charge < -0.3 is 15.3 Å². The monoisotopic (exact) mass is 322 g/mol. The summed E-state index contributed by atoms with van der Waals surface area (Å²) in [4.78, 5) is 37.3. The summed E-state index contributed by atoms with van der Waals surface area (Å²) < 4.78 is 0. The quantitative estimate of drug-likeness (QED) is 0.861. The molecule has 0 aromatic heterocycles. The van der Waals surface area contributed by atoms with Crippen LogP contribution in [0.1, 0.15) is 13.3 Å². The van der Waals surface area contributed by atoms with Gasteiger partial charge in [0.2, 0.25) is 11.8 Å². The molecule has 2 N–H and O–H groups in total. The van der Waals surface area contributed by atoms with Crippen molar-refractivity contribution in [2.75, 3.05) is 18.9 Å². The number of fused-ring (bicyclic) bond motifs is 1. The maximum atomic E-state index is 12.2. The van der Waals surface area contributed by atoms with Crippen molar-refractivity contribution in [3.63, 3.8) is 0 Å². The van der Waals surface area contributed by atoms with E-state index in [9.17, 15) is 14.4 Å². The van der Waals surface area contributed by atoms with Crippen molar-refractivity contribution < 1.29 is 19.5 Å². The van der Waals surface area contributed by atoms with Crippen molar-refractivity contribution in [2.24, 2.45) is 5.92 Å². The van der Waals surface area contributed by atoms with Crippen molar-refractivity contribution in [2.45, 2.75) is 23.5 Å². The first-order chi connectivity index (χ1) is 10.4. The molecular formula is C15H18N2O4S. The molecule has 6 nitrogen and oxygen atoms in total. The lowest BCUT2D eigenvalue weighted by Crippen LogP contribution is -2.38.